The van der Waals surface area contributed by atoms with Gasteiger partial charge < -0.3 is 14.4 Å². The summed E-state index contributed by atoms with van der Waals surface area (Å²) in [5, 5.41) is 0. The fraction of sp³-hybridized carbons (Fsp3) is 0.846. The predicted molar refractivity (Wildman–Crippen MR) is 70.8 cm³/mol. The van der Waals surface area contributed by atoms with Crippen LogP contribution in [0, 0.1) is 5.92 Å². The first-order valence-corrected chi connectivity index (χ1v) is 6.59. The van der Waals surface area contributed by atoms with E-state index in [4.69, 9.17) is 9.47 Å². The van der Waals surface area contributed by atoms with Crippen molar-refractivity contribution >= 4 is 12.1 Å². The Kier molecular flexibility index (Phi) is 6.08. The van der Waals surface area contributed by atoms with Crippen molar-refractivity contribution < 1.29 is 19.1 Å². The van der Waals surface area contributed by atoms with Crippen LogP contribution < -0.4 is 0 Å². The lowest BCUT2D eigenvalue weighted by Crippen LogP contribution is -2.48. The number of likely N-dealkylation sites (tertiary alicyclic amines) is 1. The highest BCUT2D eigenvalue weighted by atomic mass is 16.5. The molecule has 0 saturated carbocycles. The third-order valence-corrected chi connectivity index (χ3v) is 3.27. The molecule has 110 valence electrons. The van der Waals surface area contributed by atoms with Gasteiger partial charge in [0.2, 0.25) is 0 Å². The zero-order chi connectivity index (χ0) is 14.4. The van der Waals surface area contributed by atoms with Gasteiger partial charge in [0.25, 0.3) is 0 Å². The van der Waals surface area contributed by atoms with Crippen molar-refractivity contribution in [1.29, 1.82) is 0 Å². The number of ether oxygens (including phenoxy) is 2. The van der Waals surface area contributed by atoms with Crippen LogP contribution in [0.15, 0.2) is 0 Å². The zero-order valence-electron chi connectivity index (χ0n) is 12.2. The van der Waals surface area contributed by atoms with E-state index in [9.17, 15) is 9.59 Å². The van der Waals surface area contributed by atoms with Gasteiger partial charge in [-0.15, -0.1) is 0 Å². The Labute approximate surface area is 114 Å². The highest BCUT2D eigenvalue weighted by Gasteiger charge is 2.31. The summed E-state index contributed by atoms with van der Waals surface area (Å²) in [6, 6.07) is -0.0812. The molecule has 0 bridgehead atoms. The molecule has 0 spiro atoms. The number of hydrogen-bond acceptors (Lipinski definition) is 5. The molecule has 0 aromatic heterocycles. The number of nitrogens with zero attached hydrogens (tertiary/aromatic N) is 2. The third kappa shape index (κ3) is 5.06. The molecule has 6 heteroatoms. The van der Waals surface area contributed by atoms with Gasteiger partial charge in [-0.3, -0.25) is 9.69 Å². The molecule has 2 unspecified atom stereocenters. The summed E-state index contributed by atoms with van der Waals surface area (Å²) in [4.78, 5) is 26.6. The molecular formula is C13H24N2O4. The van der Waals surface area contributed by atoms with Crippen LogP contribution >= 0.6 is 0 Å². The minimum Gasteiger partial charge on any atom is -0.463 e. The van der Waals surface area contributed by atoms with E-state index in [2.05, 4.69) is 6.92 Å². The van der Waals surface area contributed by atoms with Gasteiger partial charge in [-0.1, -0.05) is 6.92 Å². The maximum Gasteiger partial charge on any atom is 0.409 e. The molecule has 1 aliphatic heterocycles. The molecular weight excluding hydrogens is 248 g/mol. The van der Waals surface area contributed by atoms with E-state index >= 15 is 0 Å². The number of methoxy groups -OCH3 is 1. The number of hydrogen-bond donors (Lipinski definition) is 0. The average molecular weight is 272 g/mol. The van der Waals surface area contributed by atoms with E-state index in [1.54, 1.807) is 9.80 Å². The van der Waals surface area contributed by atoms with Crippen LogP contribution in [-0.2, 0) is 14.3 Å². The molecule has 1 rings (SSSR count). The Balaban J connectivity index is 2.51. The first kappa shape index (κ1) is 15.8. The first-order chi connectivity index (χ1) is 8.93. The van der Waals surface area contributed by atoms with Gasteiger partial charge in [-0.2, -0.15) is 0 Å². The fourth-order valence-corrected chi connectivity index (χ4v) is 2.26. The van der Waals surface area contributed by atoms with Gasteiger partial charge in [0.05, 0.1) is 19.7 Å². The Morgan fingerprint density at radius 2 is 2.05 bits per heavy atom. The molecule has 1 saturated heterocycles. The summed E-state index contributed by atoms with van der Waals surface area (Å²) in [5.41, 5.74) is 0. The van der Waals surface area contributed by atoms with Crippen LogP contribution in [0.1, 0.15) is 19.8 Å². The number of carbonyl (C=O) groups is 2. The van der Waals surface area contributed by atoms with E-state index in [1.807, 2.05) is 14.1 Å². The minimum absolute atomic E-state index is 0.0812. The molecule has 1 aliphatic rings. The molecule has 0 N–H and O–H groups in total. The zero-order valence-corrected chi connectivity index (χ0v) is 12.2. The van der Waals surface area contributed by atoms with Crippen molar-refractivity contribution in [1.82, 2.24) is 9.80 Å². The van der Waals surface area contributed by atoms with Gasteiger partial charge in [0.1, 0.15) is 6.61 Å². The predicted octanol–water partition coefficient (Wildman–Crippen LogP) is 0.958. The maximum atomic E-state index is 11.7. The van der Waals surface area contributed by atoms with Crippen molar-refractivity contribution in [2.45, 2.75) is 25.8 Å². The van der Waals surface area contributed by atoms with Crippen LogP contribution in [0.3, 0.4) is 0 Å². The quantitative estimate of drug-likeness (QED) is 0.713. The molecule has 0 aromatic rings. The van der Waals surface area contributed by atoms with Crippen LogP contribution in [0.2, 0.25) is 0 Å². The van der Waals surface area contributed by atoms with Crippen LogP contribution in [0.25, 0.3) is 0 Å². The second-order valence-electron chi connectivity index (χ2n) is 5.37. The van der Waals surface area contributed by atoms with Gasteiger partial charge in [0.15, 0.2) is 0 Å². The number of likely N-dealkylation sites (N-methyl/N-ethyl adjacent to an activating group) is 1. The van der Waals surface area contributed by atoms with Crippen molar-refractivity contribution in [3.63, 3.8) is 0 Å². The molecule has 2 atom stereocenters. The lowest BCUT2D eigenvalue weighted by atomic mass is 9.93. The normalized spacial score (nSPS) is 23.3. The maximum absolute atomic E-state index is 11.7. The molecule has 19 heavy (non-hydrogen) atoms. The second-order valence-corrected chi connectivity index (χ2v) is 5.37. The largest absolute Gasteiger partial charge is 0.463 e. The Bertz CT molecular complexity index is 320. The first-order valence-electron chi connectivity index (χ1n) is 6.59. The van der Waals surface area contributed by atoms with Crippen molar-refractivity contribution in [2.75, 3.05) is 40.9 Å². The summed E-state index contributed by atoms with van der Waals surface area (Å²) in [5.74, 6) is 0.256. The molecule has 0 aliphatic carbocycles. The number of amides is 1. The van der Waals surface area contributed by atoms with E-state index in [0.717, 1.165) is 12.8 Å². The van der Waals surface area contributed by atoms with Crippen LogP contribution in [-0.4, -0.2) is 68.8 Å². The Morgan fingerprint density at radius 1 is 1.37 bits per heavy atom. The summed E-state index contributed by atoms with van der Waals surface area (Å²) < 4.78 is 10.0. The minimum atomic E-state index is -0.347. The van der Waals surface area contributed by atoms with E-state index in [1.165, 1.54) is 7.11 Å². The van der Waals surface area contributed by atoms with Crippen molar-refractivity contribution in [3.05, 3.63) is 0 Å². The molecule has 0 aromatic carbocycles. The average Bonchev–Trinajstić information content (AvgIpc) is 2.34. The van der Waals surface area contributed by atoms with E-state index < -0.39 is 0 Å². The molecule has 1 amide bonds. The monoisotopic (exact) mass is 272 g/mol. The van der Waals surface area contributed by atoms with Crippen molar-refractivity contribution in [3.8, 4) is 0 Å². The van der Waals surface area contributed by atoms with Gasteiger partial charge >= 0.3 is 12.1 Å². The number of carbonyl (C=O) groups excluding carboxylic acids is 2. The highest BCUT2D eigenvalue weighted by molar-refractivity contribution is 5.72. The molecule has 1 fully saturated rings. The summed E-state index contributed by atoms with van der Waals surface area (Å²) in [6.07, 6.45) is 1.45. The summed E-state index contributed by atoms with van der Waals surface area (Å²) in [6.45, 7) is 3.29. The topological polar surface area (TPSA) is 59.1 Å². The molecule has 1 heterocycles. The van der Waals surface area contributed by atoms with Crippen molar-refractivity contribution in [2.24, 2.45) is 5.92 Å². The SMILES string of the molecule is COC(=O)N1CCC(C)CC1COC(=O)CN(C)C. The van der Waals surface area contributed by atoms with Crippen LogP contribution in [0.5, 0.6) is 0 Å². The van der Waals surface area contributed by atoms with Gasteiger partial charge in [-0.25, -0.2) is 4.79 Å². The standard InChI is InChI=1S/C13H24N2O4/c1-10-5-6-15(13(17)18-4)11(7-10)9-19-12(16)8-14(2)3/h10-11H,5-9H2,1-4H3. The number of rotatable bonds is 4. The molecule has 6 nitrogen and oxygen atoms in total. The van der Waals surface area contributed by atoms with E-state index in [-0.39, 0.29) is 31.3 Å². The lowest BCUT2D eigenvalue weighted by molar-refractivity contribution is -0.146. The summed E-state index contributed by atoms with van der Waals surface area (Å²) in [7, 11) is 4.99. The third-order valence-electron chi connectivity index (χ3n) is 3.27. The second kappa shape index (κ2) is 7.33. The highest BCUT2D eigenvalue weighted by Crippen LogP contribution is 2.23. The fourth-order valence-electron chi connectivity index (χ4n) is 2.26. The number of esters is 1. The smallest absolute Gasteiger partial charge is 0.409 e. The number of piperidine rings is 1. The Hall–Kier alpha value is -1.30. The lowest BCUT2D eigenvalue weighted by Gasteiger charge is -2.37. The van der Waals surface area contributed by atoms with E-state index in [0.29, 0.717) is 12.5 Å². The van der Waals surface area contributed by atoms with Gasteiger partial charge in [0, 0.05) is 6.54 Å². The summed E-state index contributed by atoms with van der Waals surface area (Å²) >= 11 is 0. The van der Waals surface area contributed by atoms with Gasteiger partial charge in [-0.05, 0) is 32.9 Å². The Morgan fingerprint density at radius 3 is 2.63 bits per heavy atom. The molecule has 0 radical (unpaired) electrons. The van der Waals surface area contributed by atoms with Crippen LogP contribution in [0.4, 0.5) is 4.79 Å².